The van der Waals surface area contributed by atoms with E-state index in [2.05, 4.69) is 10.6 Å². The molecule has 7 heteroatoms. The van der Waals surface area contributed by atoms with Gasteiger partial charge < -0.3 is 24.7 Å². The zero-order valence-corrected chi connectivity index (χ0v) is 14.2. The number of hydrogen-bond acceptors (Lipinski definition) is 4. The molecule has 0 aliphatic carbocycles. The van der Waals surface area contributed by atoms with Crippen molar-refractivity contribution in [1.29, 1.82) is 0 Å². The van der Waals surface area contributed by atoms with Gasteiger partial charge in [-0.05, 0) is 38.1 Å². The lowest BCUT2D eigenvalue weighted by Gasteiger charge is -2.35. The molecule has 1 fully saturated rings. The van der Waals surface area contributed by atoms with Crippen LogP contribution < -0.4 is 10.6 Å². The van der Waals surface area contributed by atoms with Crippen LogP contribution in [-0.2, 0) is 4.74 Å². The highest BCUT2D eigenvalue weighted by Crippen LogP contribution is 2.18. The quantitative estimate of drug-likeness (QED) is 0.896. The number of ether oxygens (including phenoxy) is 1. The standard InChI is InChI=1S/C18H21N3O4/c1-12-9-21(10-13(2)25-12)18(23)20-16-5-3-4-15(8-16)19-17(22)14-6-7-24-11-14/h3-8,11-13H,9-10H2,1-2H3,(H,19,22)(H,20,23)/t12-,13+. The molecule has 2 heterocycles. The third-order valence-corrected chi connectivity index (χ3v) is 3.86. The number of benzene rings is 1. The smallest absolute Gasteiger partial charge is 0.322 e. The molecule has 0 unspecified atom stereocenters. The highest BCUT2D eigenvalue weighted by molar-refractivity contribution is 6.04. The summed E-state index contributed by atoms with van der Waals surface area (Å²) in [7, 11) is 0. The molecule has 2 N–H and O–H groups in total. The Morgan fingerprint density at radius 2 is 1.76 bits per heavy atom. The lowest BCUT2D eigenvalue weighted by Crippen LogP contribution is -2.49. The molecule has 0 spiro atoms. The van der Waals surface area contributed by atoms with Crippen molar-refractivity contribution in [2.45, 2.75) is 26.1 Å². The minimum absolute atomic E-state index is 0.00934. The van der Waals surface area contributed by atoms with E-state index in [0.717, 1.165) is 0 Å². The number of morpholine rings is 1. The molecular weight excluding hydrogens is 322 g/mol. The van der Waals surface area contributed by atoms with E-state index in [4.69, 9.17) is 9.15 Å². The Morgan fingerprint density at radius 1 is 1.08 bits per heavy atom. The van der Waals surface area contributed by atoms with Gasteiger partial charge in [-0.3, -0.25) is 4.79 Å². The van der Waals surface area contributed by atoms with Crippen LogP contribution in [0.2, 0.25) is 0 Å². The molecule has 1 saturated heterocycles. The zero-order valence-electron chi connectivity index (χ0n) is 14.2. The van der Waals surface area contributed by atoms with Gasteiger partial charge in [0.1, 0.15) is 6.26 Å². The fraction of sp³-hybridized carbons (Fsp3) is 0.333. The summed E-state index contributed by atoms with van der Waals surface area (Å²) in [6.07, 6.45) is 2.84. The van der Waals surface area contributed by atoms with Crippen LogP contribution in [0.5, 0.6) is 0 Å². The maximum Gasteiger partial charge on any atom is 0.322 e. The predicted octanol–water partition coefficient (Wildman–Crippen LogP) is 3.17. The van der Waals surface area contributed by atoms with Crippen molar-refractivity contribution in [1.82, 2.24) is 4.90 Å². The van der Waals surface area contributed by atoms with E-state index in [1.54, 1.807) is 35.2 Å². The summed E-state index contributed by atoms with van der Waals surface area (Å²) in [5.74, 6) is -0.270. The second-order valence-electron chi connectivity index (χ2n) is 6.14. The monoisotopic (exact) mass is 343 g/mol. The molecule has 1 aliphatic heterocycles. The first-order valence-electron chi connectivity index (χ1n) is 8.16. The molecule has 0 radical (unpaired) electrons. The summed E-state index contributed by atoms with van der Waals surface area (Å²) < 4.78 is 10.5. The summed E-state index contributed by atoms with van der Waals surface area (Å²) in [6.45, 7) is 4.99. The second kappa shape index (κ2) is 7.40. The van der Waals surface area contributed by atoms with Crippen molar-refractivity contribution in [2.75, 3.05) is 23.7 Å². The number of furan rings is 1. The van der Waals surface area contributed by atoms with E-state index >= 15 is 0 Å². The molecule has 1 aromatic carbocycles. The van der Waals surface area contributed by atoms with Crippen LogP contribution in [0.25, 0.3) is 0 Å². The number of anilines is 2. The topological polar surface area (TPSA) is 83.8 Å². The largest absolute Gasteiger partial charge is 0.472 e. The van der Waals surface area contributed by atoms with Crippen LogP contribution in [0.4, 0.5) is 16.2 Å². The predicted molar refractivity (Wildman–Crippen MR) is 93.7 cm³/mol. The molecular formula is C18H21N3O4. The molecule has 2 atom stereocenters. The van der Waals surface area contributed by atoms with Gasteiger partial charge in [-0.15, -0.1) is 0 Å². The molecule has 2 aromatic rings. The van der Waals surface area contributed by atoms with E-state index in [9.17, 15) is 9.59 Å². The first kappa shape index (κ1) is 17.0. The van der Waals surface area contributed by atoms with Gasteiger partial charge in [0.2, 0.25) is 0 Å². The first-order chi connectivity index (χ1) is 12.0. The van der Waals surface area contributed by atoms with Crippen molar-refractivity contribution in [3.05, 3.63) is 48.4 Å². The molecule has 25 heavy (non-hydrogen) atoms. The summed E-state index contributed by atoms with van der Waals surface area (Å²) in [5, 5.41) is 5.63. The second-order valence-corrected chi connectivity index (χ2v) is 6.14. The molecule has 3 amide bonds. The van der Waals surface area contributed by atoms with Crippen molar-refractivity contribution >= 4 is 23.3 Å². The average Bonchev–Trinajstić information content (AvgIpc) is 3.09. The number of rotatable bonds is 3. The lowest BCUT2D eigenvalue weighted by atomic mass is 10.2. The average molecular weight is 343 g/mol. The van der Waals surface area contributed by atoms with E-state index < -0.39 is 0 Å². The minimum atomic E-state index is -0.270. The van der Waals surface area contributed by atoms with Crippen molar-refractivity contribution in [3.63, 3.8) is 0 Å². The lowest BCUT2D eigenvalue weighted by molar-refractivity contribution is -0.0530. The number of nitrogens with one attached hydrogen (secondary N) is 2. The molecule has 1 aromatic heterocycles. The van der Waals surface area contributed by atoms with Gasteiger partial charge in [-0.1, -0.05) is 6.07 Å². The summed E-state index contributed by atoms with van der Waals surface area (Å²) in [6, 6.07) is 8.42. The molecule has 0 saturated carbocycles. The highest BCUT2D eigenvalue weighted by atomic mass is 16.5. The van der Waals surface area contributed by atoms with Crippen molar-refractivity contribution in [2.24, 2.45) is 0 Å². The van der Waals surface area contributed by atoms with Gasteiger partial charge in [-0.25, -0.2) is 4.79 Å². The molecule has 1 aliphatic rings. The van der Waals surface area contributed by atoms with Gasteiger partial charge in [0.25, 0.3) is 5.91 Å². The highest BCUT2D eigenvalue weighted by Gasteiger charge is 2.25. The summed E-state index contributed by atoms with van der Waals surface area (Å²) in [5.41, 5.74) is 1.64. The van der Waals surface area contributed by atoms with E-state index in [0.29, 0.717) is 30.0 Å². The van der Waals surface area contributed by atoms with Crippen LogP contribution >= 0.6 is 0 Å². The number of urea groups is 1. The fourth-order valence-electron chi connectivity index (χ4n) is 2.82. The normalized spacial score (nSPS) is 20.2. The molecule has 3 rings (SSSR count). The van der Waals surface area contributed by atoms with Gasteiger partial charge >= 0.3 is 6.03 Å². The van der Waals surface area contributed by atoms with Crippen LogP contribution in [0, 0.1) is 0 Å². The third kappa shape index (κ3) is 4.39. The van der Waals surface area contributed by atoms with Crippen molar-refractivity contribution in [3.8, 4) is 0 Å². The number of carbonyl (C=O) groups is 2. The van der Waals surface area contributed by atoms with Crippen LogP contribution in [0.15, 0.2) is 47.3 Å². The Bertz CT molecular complexity index is 735. The summed E-state index contributed by atoms with van der Waals surface area (Å²) >= 11 is 0. The summed E-state index contributed by atoms with van der Waals surface area (Å²) in [4.78, 5) is 26.2. The Kier molecular flexibility index (Phi) is 5.04. The SMILES string of the molecule is C[C@@H]1CN(C(=O)Nc2cccc(NC(=O)c3ccoc3)c2)C[C@H](C)O1. The fourth-order valence-corrected chi connectivity index (χ4v) is 2.82. The van der Waals surface area contributed by atoms with E-state index in [-0.39, 0.29) is 24.1 Å². The van der Waals surface area contributed by atoms with E-state index in [1.165, 1.54) is 12.5 Å². The number of carbonyl (C=O) groups excluding carboxylic acids is 2. The maximum atomic E-state index is 12.4. The Labute approximate surface area is 145 Å². The Hall–Kier alpha value is -2.80. The minimum Gasteiger partial charge on any atom is -0.472 e. The third-order valence-electron chi connectivity index (χ3n) is 3.86. The molecule has 132 valence electrons. The van der Waals surface area contributed by atoms with Gasteiger partial charge in [-0.2, -0.15) is 0 Å². The van der Waals surface area contributed by atoms with Gasteiger partial charge in [0.05, 0.1) is 24.0 Å². The van der Waals surface area contributed by atoms with Crippen LogP contribution in [0.1, 0.15) is 24.2 Å². The number of amides is 3. The van der Waals surface area contributed by atoms with Crippen LogP contribution in [-0.4, -0.2) is 42.1 Å². The van der Waals surface area contributed by atoms with Crippen LogP contribution in [0.3, 0.4) is 0 Å². The maximum absolute atomic E-state index is 12.4. The Morgan fingerprint density at radius 3 is 2.40 bits per heavy atom. The van der Waals surface area contributed by atoms with E-state index in [1.807, 2.05) is 13.8 Å². The first-order valence-corrected chi connectivity index (χ1v) is 8.16. The van der Waals surface area contributed by atoms with Gasteiger partial charge in [0, 0.05) is 24.5 Å². The molecule has 7 nitrogen and oxygen atoms in total. The molecule has 0 bridgehead atoms. The number of hydrogen-bond donors (Lipinski definition) is 2. The zero-order chi connectivity index (χ0) is 17.8. The Balaban J connectivity index is 1.63. The van der Waals surface area contributed by atoms with Gasteiger partial charge in [0.15, 0.2) is 0 Å². The number of nitrogens with zero attached hydrogens (tertiary/aromatic N) is 1. The van der Waals surface area contributed by atoms with Crippen molar-refractivity contribution < 1.29 is 18.7 Å².